The molecule has 0 radical (unpaired) electrons. The highest BCUT2D eigenvalue weighted by Gasteiger charge is 2.30. The van der Waals surface area contributed by atoms with E-state index in [-0.39, 0.29) is 18.7 Å². The van der Waals surface area contributed by atoms with Crippen molar-refractivity contribution >= 4 is 34.2 Å². The number of aromatic amines is 1. The molecule has 1 aromatic heterocycles. The number of aromatic nitrogens is 2. The molecule has 1 atom stereocenters. The summed E-state index contributed by atoms with van der Waals surface area (Å²) in [5.41, 5.74) is 0.407. The quantitative estimate of drug-likeness (QED) is 0.610. The molecule has 2 amide bonds. The maximum atomic E-state index is 12.5. The second kappa shape index (κ2) is 6.56. The Morgan fingerprint density at radius 3 is 2.59 bits per heavy atom. The third-order valence-corrected chi connectivity index (χ3v) is 4.51. The predicted molar refractivity (Wildman–Crippen MR) is 101 cm³/mol. The number of carbonyl (C=O) groups excluding carboxylic acids is 2. The van der Waals surface area contributed by atoms with Gasteiger partial charge < -0.3 is 15.6 Å². The Kier molecular flexibility index (Phi) is 4.08. The highest BCUT2D eigenvalue weighted by atomic mass is 16.2. The van der Waals surface area contributed by atoms with Crippen LogP contribution in [0.5, 0.6) is 0 Å². The van der Waals surface area contributed by atoms with Crippen LogP contribution in [0.2, 0.25) is 0 Å². The van der Waals surface area contributed by atoms with E-state index >= 15 is 0 Å². The normalized spacial score (nSPS) is 15.4. The minimum Gasteiger partial charge on any atom is -0.326 e. The van der Waals surface area contributed by atoms with Gasteiger partial charge in [0.2, 0.25) is 11.8 Å². The molecular weight excluding hydrogens is 348 g/mol. The summed E-state index contributed by atoms with van der Waals surface area (Å²) < 4.78 is 1.19. The largest absolute Gasteiger partial charge is 0.326 e. The molecule has 3 aromatic rings. The first-order valence-corrected chi connectivity index (χ1v) is 8.48. The Hall–Kier alpha value is -3.68. The summed E-state index contributed by atoms with van der Waals surface area (Å²) in [5.74, 6) is -0.697. The number of anilines is 2. The van der Waals surface area contributed by atoms with Crippen molar-refractivity contribution in [2.75, 3.05) is 10.6 Å². The van der Waals surface area contributed by atoms with Gasteiger partial charge in [-0.2, -0.15) is 0 Å². The predicted octanol–water partition coefficient (Wildman–Crippen LogP) is 1.60. The molecule has 1 aliphatic rings. The van der Waals surface area contributed by atoms with Gasteiger partial charge in [-0.05, 0) is 30.7 Å². The van der Waals surface area contributed by atoms with Gasteiger partial charge in [-0.3, -0.25) is 23.7 Å². The van der Waals surface area contributed by atoms with Gasteiger partial charge >= 0.3 is 11.1 Å². The van der Waals surface area contributed by atoms with Crippen LogP contribution in [0.4, 0.5) is 11.4 Å². The van der Waals surface area contributed by atoms with Gasteiger partial charge in [0.15, 0.2) is 0 Å². The first-order chi connectivity index (χ1) is 13.0. The SMILES string of the molecule is O=C(CC[C@H]1C(=O)Nc2cccc3[nH]c(=O)c(=O)n1c23)Nc1ccccc1. The molecule has 27 heavy (non-hydrogen) atoms. The molecule has 136 valence electrons. The summed E-state index contributed by atoms with van der Waals surface area (Å²) in [7, 11) is 0. The van der Waals surface area contributed by atoms with Crippen LogP contribution in [0.25, 0.3) is 11.0 Å². The van der Waals surface area contributed by atoms with E-state index in [0.717, 1.165) is 0 Å². The molecular formula is C19H16N4O4. The molecule has 0 saturated heterocycles. The van der Waals surface area contributed by atoms with Crippen LogP contribution in [-0.2, 0) is 9.59 Å². The standard InChI is InChI=1S/C19H16N4O4/c24-15(20-11-5-2-1-3-6-11)10-9-14-17(25)21-12-7-4-8-13-16(12)23(14)19(27)18(26)22-13/h1-8,14H,9-10H2,(H,20,24)(H,21,25)(H,22,26)/t14-/m0/s1. The van der Waals surface area contributed by atoms with E-state index in [1.807, 2.05) is 6.07 Å². The zero-order chi connectivity index (χ0) is 19.0. The Morgan fingerprint density at radius 1 is 1.04 bits per heavy atom. The highest BCUT2D eigenvalue weighted by molar-refractivity contribution is 6.05. The summed E-state index contributed by atoms with van der Waals surface area (Å²) in [5, 5.41) is 5.48. The van der Waals surface area contributed by atoms with Crippen molar-refractivity contribution in [2.45, 2.75) is 18.9 Å². The van der Waals surface area contributed by atoms with Crippen LogP contribution >= 0.6 is 0 Å². The number of hydrogen-bond donors (Lipinski definition) is 3. The fourth-order valence-electron chi connectivity index (χ4n) is 3.30. The van der Waals surface area contributed by atoms with Gasteiger partial charge in [0.25, 0.3) is 0 Å². The third kappa shape index (κ3) is 3.01. The number of carbonyl (C=O) groups is 2. The van der Waals surface area contributed by atoms with Gasteiger partial charge in [-0.25, -0.2) is 0 Å². The fourth-order valence-corrected chi connectivity index (χ4v) is 3.30. The summed E-state index contributed by atoms with van der Waals surface area (Å²) in [4.78, 5) is 51.7. The molecule has 0 aliphatic carbocycles. The van der Waals surface area contributed by atoms with E-state index in [2.05, 4.69) is 15.6 Å². The summed E-state index contributed by atoms with van der Waals surface area (Å²) in [6.07, 6.45) is 0.118. The number of benzene rings is 2. The number of rotatable bonds is 4. The minimum atomic E-state index is -0.932. The Bertz CT molecular complexity index is 1160. The number of nitrogens with one attached hydrogen (secondary N) is 3. The molecule has 2 aromatic carbocycles. The van der Waals surface area contributed by atoms with Gasteiger partial charge in [-0.1, -0.05) is 24.3 Å². The molecule has 2 heterocycles. The number of nitrogens with zero attached hydrogens (tertiary/aromatic N) is 1. The van der Waals surface area contributed by atoms with Crippen LogP contribution in [0.1, 0.15) is 18.9 Å². The van der Waals surface area contributed by atoms with Crippen molar-refractivity contribution < 1.29 is 9.59 Å². The zero-order valence-electron chi connectivity index (χ0n) is 14.2. The first kappa shape index (κ1) is 16.8. The maximum Gasteiger partial charge on any atom is 0.317 e. The molecule has 8 nitrogen and oxygen atoms in total. The van der Waals surface area contributed by atoms with Gasteiger partial charge in [0.1, 0.15) is 6.04 Å². The Balaban J connectivity index is 1.64. The van der Waals surface area contributed by atoms with E-state index in [1.165, 1.54) is 4.57 Å². The Morgan fingerprint density at radius 2 is 1.81 bits per heavy atom. The van der Waals surface area contributed by atoms with Crippen LogP contribution in [-0.4, -0.2) is 21.4 Å². The molecule has 0 saturated carbocycles. The van der Waals surface area contributed by atoms with E-state index in [0.29, 0.717) is 22.4 Å². The minimum absolute atomic E-state index is 0.0237. The van der Waals surface area contributed by atoms with Crippen molar-refractivity contribution in [3.05, 3.63) is 69.2 Å². The summed E-state index contributed by atoms with van der Waals surface area (Å²) in [6, 6.07) is 13.0. The second-order valence-corrected chi connectivity index (χ2v) is 6.29. The third-order valence-electron chi connectivity index (χ3n) is 4.51. The molecule has 3 N–H and O–H groups in total. The average molecular weight is 364 g/mol. The van der Waals surface area contributed by atoms with Crippen molar-refractivity contribution in [1.82, 2.24) is 9.55 Å². The fraction of sp³-hybridized carbons (Fsp3) is 0.158. The summed E-state index contributed by atoms with van der Waals surface area (Å²) in [6.45, 7) is 0. The van der Waals surface area contributed by atoms with Crippen molar-refractivity contribution in [2.24, 2.45) is 0 Å². The molecule has 1 aliphatic heterocycles. The Labute approximate surface area is 152 Å². The maximum absolute atomic E-state index is 12.5. The second-order valence-electron chi connectivity index (χ2n) is 6.29. The molecule has 8 heteroatoms. The van der Waals surface area contributed by atoms with Crippen LogP contribution in [0.3, 0.4) is 0 Å². The lowest BCUT2D eigenvalue weighted by Gasteiger charge is -2.26. The number of H-pyrrole nitrogens is 1. The van der Waals surface area contributed by atoms with Crippen LogP contribution in [0.15, 0.2) is 58.1 Å². The summed E-state index contributed by atoms with van der Waals surface area (Å²) >= 11 is 0. The molecule has 0 unspecified atom stereocenters. The van der Waals surface area contributed by atoms with E-state index in [1.54, 1.807) is 42.5 Å². The van der Waals surface area contributed by atoms with Crippen molar-refractivity contribution in [3.8, 4) is 0 Å². The van der Waals surface area contributed by atoms with Crippen LogP contribution in [0, 0.1) is 0 Å². The lowest BCUT2D eigenvalue weighted by atomic mass is 10.1. The van der Waals surface area contributed by atoms with E-state index < -0.39 is 23.1 Å². The molecule has 0 spiro atoms. The van der Waals surface area contributed by atoms with Gasteiger partial charge in [0, 0.05) is 12.1 Å². The highest BCUT2D eigenvalue weighted by Crippen LogP contribution is 2.30. The zero-order valence-corrected chi connectivity index (χ0v) is 14.2. The number of hydrogen-bond acceptors (Lipinski definition) is 4. The van der Waals surface area contributed by atoms with Gasteiger partial charge in [-0.15, -0.1) is 0 Å². The lowest BCUT2D eigenvalue weighted by molar-refractivity contribution is -0.120. The van der Waals surface area contributed by atoms with Crippen molar-refractivity contribution in [1.29, 1.82) is 0 Å². The molecule has 4 rings (SSSR count). The molecule has 0 fully saturated rings. The van der Waals surface area contributed by atoms with E-state index in [9.17, 15) is 19.2 Å². The van der Waals surface area contributed by atoms with Crippen LogP contribution < -0.4 is 21.8 Å². The number of para-hydroxylation sites is 2. The average Bonchev–Trinajstić information content (AvgIpc) is 2.65. The monoisotopic (exact) mass is 364 g/mol. The topological polar surface area (TPSA) is 113 Å². The first-order valence-electron chi connectivity index (χ1n) is 8.48. The van der Waals surface area contributed by atoms with Gasteiger partial charge in [0.05, 0.1) is 16.7 Å². The molecule has 0 bridgehead atoms. The van der Waals surface area contributed by atoms with E-state index in [4.69, 9.17) is 0 Å². The van der Waals surface area contributed by atoms with Crippen molar-refractivity contribution in [3.63, 3.8) is 0 Å². The lowest BCUT2D eigenvalue weighted by Crippen LogP contribution is -2.44. The number of amides is 2. The smallest absolute Gasteiger partial charge is 0.317 e.